The molecule has 0 fully saturated rings. The van der Waals surface area contributed by atoms with Crippen molar-refractivity contribution >= 4 is 22.2 Å². The maximum Gasteiger partial charge on any atom is 0.190 e. The fourth-order valence-electron chi connectivity index (χ4n) is 2.58. The minimum Gasteiger partial charge on any atom is -0.391 e. The molecular formula is C15H18N2OS. The molecule has 1 aliphatic heterocycles. The number of aromatic nitrogens is 1. The molecule has 4 heteroatoms. The van der Waals surface area contributed by atoms with Crippen molar-refractivity contribution in [3.63, 3.8) is 0 Å². The Morgan fingerprint density at radius 1 is 1.37 bits per heavy atom. The molecule has 2 heterocycles. The monoisotopic (exact) mass is 274 g/mol. The fourth-order valence-corrected chi connectivity index (χ4v) is 3.58. The van der Waals surface area contributed by atoms with Gasteiger partial charge in [-0.05, 0) is 24.5 Å². The zero-order valence-corrected chi connectivity index (χ0v) is 11.9. The molecule has 1 N–H and O–H groups in total. The predicted octanol–water partition coefficient (Wildman–Crippen LogP) is 3.28. The standard InChI is InChI=1S/C15H18N2OS/c1-2-5-12-14(10-18)19-15(16-12)17-9-8-11-6-3-4-7-13(11)17/h3-4,6-7,18H,2,5,8-10H2,1H3. The SMILES string of the molecule is CCCc1nc(N2CCc3ccccc32)sc1CO. The number of rotatable bonds is 4. The van der Waals surface area contributed by atoms with Crippen molar-refractivity contribution in [2.75, 3.05) is 11.4 Å². The van der Waals surface area contributed by atoms with E-state index in [0.717, 1.165) is 41.5 Å². The van der Waals surface area contributed by atoms with E-state index in [4.69, 9.17) is 4.98 Å². The Morgan fingerprint density at radius 3 is 3.00 bits per heavy atom. The quantitative estimate of drug-likeness (QED) is 0.929. The van der Waals surface area contributed by atoms with E-state index in [-0.39, 0.29) is 6.61 Å². The van der Waals surface area contributed by atoms with Crippen LogP contribution in [0.2, 0.25) is 0 Å². The lowest BCUT2D eigenvalue weighted by molar-refractivity contribution is 0.284. The molecule has 0 aliphatic carbocycles. The third-order valence-electron chi connectivity index (χ3n) is 3.52. The number of anilines is 2. The molecule has 100 valence electrons. The van der Waals surface area contributed by atoms with Crippen LogP contribution in [0.3, 0.4) is 0 Å². The number of fused-ring (bicyclic) bond motifs is 1. The second-order valence-electron chi connectivity index (χ2n) is 4.80. The lowest BCUT2D eigenvalue weighted by atomic mass is 10.2. The Morgan fingerprint density at radius 2 is 2.21 bits per heavy atom. The lowest BCUT2D eigenvalue weighted by Gasteiger charge is -2.15. The molecule has 3 rings (SSSR count). The van der Waals surface area contributed by atoms with Crippen LogP contribution in [0.4, 0.5) is 10.8 Å². The highest BCUT2D eigenvalue weighted by Crippen LogP contribution is 2.37. The van der Waals surface area contributed by atoms with E-state index in [2.05, 4.69) is 36.1 Å². The number of hydrogen-bond donors (Lipinski definition) is 1. The molecule has 1 aromatic carbocycles. The van der Waals surface area contributed by atoms with Gasteiger partial charge in [0.2, 0.25) is 0 Å². The van der Waals surface area contributed by atoms with Gasteiger partial charge < -0.3 is 10.0 Å². The Bertz CT molecular complexity index is 579. The summed E-state index contributed by atoms with van der Waals surface area (Å²) in [7, 11) is 0. The lowest BCUT2D eigenvalue weighted by Crippen LogP contribution is -2.12. The summed E-state index contributed by atoms with van der Waals surface area (Å²) >= 11 is 1.63. The van der Waals surface area contributed by atoms with Gasteiger partial charge in [-0.1, -0.05) is 42.9 Å². The first-order chi connectivity index (χ1) is 9.33. The highest BCUT2D eigenvalue weighted by atomic mass is 32.1. The topological polar surface area (TPSA) is 36.4 Å². The van der Waals surface area contributed by atoms with E-state index in [0.29, 0.717) is 0 Å². The van der Waals surface area contributed by atoms with Crippen molar-refractivity contribution in [2.24, 2.45) is 0 Å². The van der Waals surface area contributed by atoms with E-state index in [1.165, 1.54) is 11.3 Å². The van der Waals surface area contributed by atoms with Crippen molar-refractivity contribution in [1.82, 2.24) is 4.98 Å². The van der Waals surface area contributed by atoms with Crippen LogP contribution < -0.4 is 4.90 Å². The predicted molar refractivity (Wildman–Crippen MR) is 79.2 cm³/mol. The van der Waals surface area contributed by atoms with Crippen LogP contribution in [0.25, 0.3) is 0 Å². The molecule has 0 bridgehead atoms. The number of para-hydroxylation sites is 1. The number of nitrogens with zero attached hydrogens (tertiary/aromatic N) is 2. The first kappa shape index (κ1) is 12.6. The van der Waals surface area contributed by atoms with Gasteiger partial charge in [0, 0.05) is 12.2 Å². The van der Waals surface area contributed by atoms with Gasteiger partial charge >= 0.3 is 0 Å². The average molecular weight is 274 g/mol. The number of aryl methyl sites for hydroxylation is 1. The molecule has 0 atom stereocenters. The van der Waals surface area contributed by atoms with Crippen LogP contribution in [0, 0.1) is 0 Å². The van der Waals surface area contributed by atoms with E-state index in [1.807, 2.05) is 0 Å². The van der Waals surface area contributed by atoms with Crippen LogP contribution >= 0.6 is 11.3 Å². The number of aliphatic hydroxyl groups is 1. The first-order valence-corrected chi connectivity index (χ1v) is 7.60. The van der Waals surface area contributed by atoms with Crippen molar-refractivity contribution < 1.29 is 5.11 Å². The molecule has 0 spiro atoms. The van der Waals surface area contributed by atoms with Gasteiger partial charge in [0.15, 0.2) is 5.13 Å². The minimum absolute atomic E-state index is 0.0997. The van der Waals surface area contributed by atoms with Crippen LogP contribution in [-0.4, -0.2) is 16.6 Å². The molecule has 0 saturated carbocycles. The van der Waals surface area contributed by atoms with E-state index < -0.39 is 0 Å². The van der Waals surface area contributed by atoms with Gasteiger partial charge in [-0.15, -0.1) is 0 Å². The highest BCUT2D eigenvalue weighted by molar-refractivity contribution is 7.15. The van der Waals surface area contributed by atoms with Gasteiger partial charge in [0.25, 0.3) is 0 Å². The van der Waals surface area contributed by atoms with Gasteiger partial charge in [0.1, 0.15) is 0 Å². The van der Waals surface area contributed by atoms with E-state index >= 15 is 0 Å². The van der Waals surface area contributed by atoms with E-state index in [9.17, 15) is 5.11 Å². The summed E-state index contributed by atoms with van der Waals surface area (Å²) < 4.78 is 0. The largest absolute Gasteiger partial charge is 0.391 e. The maximum absolute atomic E-state index is 9.45. The minimum atomic E-state index is 0.0997. The van der Waals surface area contributed by atoms with Gasteiger partial charge in [-0.3, -0.25) is 0 Å². The molecule has 1 aromatic heterocycles. The summed E-state index contributed by atoms with van der Waals surface area (Å²) in [5.41, 5.74) is 3.72. The smallest absolute Gasteiger partial charge is 0.190 e. The van der Waals surface area contributed by atoms with E-state index in [1.54, 1.807) is 11.3 Å². The molecule has 0 radical (unpaired) electrons. The Labute approximate surface area is 117 Å². The van der Waals surface area contributed by atoms with Crippen molar-refractivity contribution in [3.05, 3.63) is 40.4 Å². The van der Waals surface area contributed by atoms with Gasteiger partial charge in [0.05, 0.1) is 17.2 Å². The number of hydrogen-bond acceptors (Lipinski definition) is 4. The van der Waals surface area contributed by atoms with Crippen LogP contribution in [0.1, 0.15) is 29.5 Å². The molecular weight excluding hydrogens is 256 g/mol. The summed E-state index contributed by atoms with van der Waals surface area (Å²) in [5, 5.41) is 10.5. The van der Waals surface area contributed by atoms with Crippen molar-refractivity contribution in [3.8, 4) is 0 Å². The Kier molecular flexibility index (Phi) is 3.53. The zero-order chi connectivity index (χ0) is 13.2. The average Bonchev–Trinajstić information content (AvgIpc) is 3.02. The first-order valence-electron chi connectivity index (χ1n) is 6.78. The van der Waals surface area contributed by atoms with Crippen molar-refractivity contribution in [1.29, 1.82) is 0 Å². The van der Waals surface area contributed by atoms with Crippen LogP contribution in [-0.2, 0) is 19.4 Å². The van der Waals surface area contributed by atoms with Crippen molar-refractivity contribution in [2.45, 2.75) is 32.8 Å². The molecule has 19 heavy (non-hydrogen) atoms. The zero-order valence-electron chi connectivity index (χ0n) is 11.1. The van der Waals surface area contributed by atoms with Gasteiger partial charge in [-0.25, -0.2) is 4.98 Å². The highest BCUT2D eigenvalue weighted by Gasteiger charge is 2.23. The second-order valence-corrected chi connectivity index (χ2v) is 5.87. The summed E-state index contributed by atoms with van der Waals surface area (Å²) in [4.78, 5) is 8.03. The Balaban J connectivity index is 1.95. The normalized spacial score (nSPS) is 13.9. The fraction of sp³-hybridized carbons (Fsp3) is 0.400. The third kappa shape index (κ3) is 2.26. The second kappa shape index (κ2) is 5.31. The van der Waals surface area contributed by atoms with Crippen LogP contribution in [0.15, 0.2) is 24.3 Å². The molecule has 1 aliphatic rings. The third-order valence-corrected chi connectivity index (χ3v) is 4.62. The molecule has 3 nitrogen and oxygen atoms in total. The summed E-state index contributed by atoms with van der Waals surface area (Å²) in [6, 6.07) is 8.50. The number of aliphatic hydroxyl groups excluding tert-OH is 1. The summed E-state index contributed by atoms with van der Waals surface area (Å²) in [6.45, 7) is 3.23. The number of thiazole rings is 1. The maximum atomic E-state index is 9.45. The van der Waals surface area contributed by atoms with Crippen LogP contribution in [0.5, 0.6) is 0 Å². The van der Waals surface area contributed by atoms with Gasteiger partial charge in [-0.2, -0.15) is 0 Å². The molecule has 0 amide bonds. The Hall–Kier alpha value is -1.39. The number of benzene rings is 1. The summed E-state index contributed by atoms with van der Waals surface area (Å²) in [6.07, 6.45) is 3.09. The summed E-state index contributed by atoms with van der Waals surface area (Å²) in [5.74, 6) is 0. The molecule has 0 saturated heterocycles. The molecule has 0 unspecified atom stereocenters. The molecule has 2 aromatic rings.